The Bertz CT molecular complexity index is 709. The van der Waals surface area contributed by atoms with E-state index in [-0.39, 0.29) is 18.5 Å². The maximum atomic E-state index is 12.1. The topological polar surface area (TPSA) is 82.5 Å². The second-order valence-corrected chi connectivity index (χ2v) is 7.21. The van der Waals surface area contributed by atoms with E-state index in [0.29, 0.717) is 13.0 Å². The van der Waals surface area contributed by atoms with Crippen LogP contribution in [0.3, 0.4) is 0 Å². The lowest BCUT2D eigenvalue weighted by Crippen LogP contribution is -2.46. The van der Waals surface area contributed by atoms with Gasteiger partial charge in [0, 0.05) is 19.0 Å². The van der Waals surface area contributed by atoms with Crippen molar-refractivity contribution >= 4 is 33.4 Å². The van der Waals surface area contributed by atoms with Gasteiger partial charge in [-0.1, -0.05) is 12.1 Å². The zero-order valence-corrected chi connectivity index (χ0v) is 14.4. The van der Waals surface area contributed by atoms with Crippen LogP contribution in [0.4, 0.5) is 0 Å². The van der Waals surface area contributed by atoms with Gasteiger partial charge in [0.15, 0.2) is 0 Å². The molecule has 1 saturated carbocycles. The normalized spacial score (nSPS) is 15.6. The smallest absolute Gasteiger partial charge is 0.320 e. The summed E-state index contributed by atoms with van der Waals surface area (Å²) >= 11 is 1.64. The summed E-state index contributed by atoms with van der Waals surface area (Å²) in [6.45, 7) is 2.28. The van der Waals surface area contributed by atoms with E-state index in [1.165, 1.54) is 0 Å². The number of carbonyl (C=O) groups excluding carboxylic acids is 1. The minimum absolute atomic E-state index is 0.129. The van der Waals surface area contributed by atoms with Gasteiger partial charge in [-0.2, -0.15) is 0 Å². The maximum Gasteiger partial charge on any atom is 0.320 e. The molecule has 1 fully saturated rings. The fourth-order valence-electron chi connectivity index (χ4n) is 2.69. The lowest BCUT2D eigenvalue weighted by molar-refractivity contribution is -0.143. The van der Waals surface area contributed by atoms with Gasteiger partial charge in [-0.05, 0) is 31.9 Å². The fourth-order valence-corrected chi connectivity index (χ4v) is 3.65. The third kappa shape index (κ3) is 4.10. The van der Waals surface area contributed by atoms with Gasteiger partial charge in [0.25, 0.3) is 0 Å². The van der Waals surface area contributed by atoms with Gasteiger partial charge >= 0.3 is 5.97 Å². The maximum absolute atomic E-state index is 12.1. The van der Waals surface area contributed by atoms with Gasteiger partial charge in [0.1, 0.15) is 6.04 Å². The zero-order chi connectivity index (χ0) is 17.1. The first-order valence-electron chi connectivity index (χ1n) is 8.14. The van der Waals surface area contributed by atoms with Crippen LogP contribution in [0.25, 0.3) is 10.2 Å². The number of rotatable bonds is 8. The van der Waals surface area contributed by atoms with Gasteiger partial charge in [-0.3, -0.25) is 14.5 Å². The van der Waals surface area contributed by atoms with E-state index in [4.69, 9.17) is 5.11 Å². The van der Waals surface area contributed by atoms with Crippen LogP contribution in [0.2, 0.25) is 0 Å². The number of hydrogen-bond acceptors (Lipinski definition) is 5. The molecule has 0 radical (unpaired) electrons. The van der Waals surface area contributed by atoms with E-state index in [1.54, 1.807) is 23.2 Å². The quantitative estimate of drug-likeness (QED) is 0.762. The van der Waals surface area contributed by atoms with Crippen molar-refractivity contribution in [1.82, 2.24) is 15.2 Å². The molecule has 1 aliphatic rings. The number of carboxylic acids is 1. The van der Waals surface area contributed by atoms with Crippen LogP contribution in [-0.4, -0.2) is 52.0 Å². The second kappa shape index (κ2) is 7.27. The first kappa shape index (κ1) is 16.9. The summed E-state index contributed by atoms with van der Waals surface area (Å²) in [7, 11) is 0. The highest BCUT2D eigenvalue weighted by Crippen LogP contribution is 2.28. The number of carbonyl (C=O) groups is 2. The monoisotopic (exact) mass is 347 g/mol. The first-order chi connectivity index (χ1) is 11.5. The summed E-state index contributed by atoms with van der Waals surface area (Å²) in [6, 6.07) is 7.56. The zero-order valence-electron chi connectivity index (χ0n) is 13.6. The van der Waals surface area contributed by atoms with Crippen LogP contribution in [0.15, 0.2) is 24.3 Å². The average molecular weight is 347 g/mol. The molecule has 1 unspecified atom stereocenters. The summed E-state index contributed by atoms with van der Waals surface area (Å²) in [5.41, 5.74) is 0.985. The van der Waals surface area contributed by atoms with E-state index < -0.39 is 12.0 Å². The molecule has 1 aromatic heterocycles. The third-order valence-corrected chi connectivity index (χ3v) is 5.29. The second-order valence-electron chi connectivity index (χ2n) is 6.09. The highest BCUT2D eigenvalue weighted by Gasteiger charge is 2.36. The van der Waals surface area contributed by atoms with E-state index in [0.717, 1.165) is 28.1 Å². The number of aliphatic carboxylic acids is 1. The van der Waals surface area contributed by atoms with Crippen molar-refractivity contribution in [2.24, 2.45) is 0 Å². The van der Waals surface area contributed by atoms with Gasteiger partial charge < -0.3 is 10.4 Å². The van der Waals surface area contributed by atoms with Crippen molar-refractivity contribution < 1.29 is 14.7 Å². The summed E-state index contributed by atoms with van der Waals surface area (Å²) < 4.78 is 1.15. The van der Waals surface area contributed by atoms with Crippen molar-refractivity contribution in [3.05, 3.63) is 29.3 Å². The summed E-state index contributed by atoms with van der Waals surface area (Å²) in [4.78, 5) is 29.6. The van der Waals surface area contributed by atoms with E-state index in [1.807, 2.05) is 24.3 Å². The number of nitrogens with one attached hydrogen (secondary N) is 1. The predicted molar refractivity (Wildman–Crippen MR) is 93.2 cm³/mol. The van der Waals surface area contributed by atoms with Crippen molar-refractivity contribution in [2.75, 3.05) is 13.1 Å². The molecule has 0 saturated heterocycles. The molecular weight excluding hydrogens is 326 g/mol. The third-order valence-electron chi connectivity index (χ3n) is 4.20. The molecule has 7 heteroatoms. The number of carboxylic acid groups (broad SMARTS) is 1. The standard InChI is InChI=1S/C17H21N3O3S/c1-11(17(22)23)20(12-6-7-12)10-15(21)18-9-8-16-19-13-4-2-3-5-14(13)24-16/h2-5,11-12H,6-10H2,1H3,(H,18,21)(H,22,23). The highest BCUT2D eigenvalue weighted by molar-refractivity contribution is 7.18. The molecule has 1 aromatic carbocycles. The number of hydrogen-bond donors (Lipinski definition) is 2. The molecule has 1 amide bonds. The number of para-hydroxylation sites is 1. The Morgan fingerprint density at radius 2 is 2.17 bits per heavy atom. The highest BCUT2D eigenvalue weighted by atomic mass is 32.1. The molecule has 0 aliphatic heterocycles. The number of fused-ring (bicyclic) bond motifs is 1. The molecule has 1 atom stereocenters. The lowest BCUT2D eigenvalue weighted by atomic mass is 10.2. The largest absolute Gasteiger partial charge is 0.480 e. The predicted octanol–water partition coefficient (Wildman–Crippen LogP) is 1.89. The van der Waals surface area contributed by atoms with Crippen LogP contribution in [0.1, 0.15) is 24.8 Å². The molecule has 3 rings (SSSR count). The minimum Gasteiger partial charge on any atom is -0.480 e. The first-order valence-corrected chi connectivity index (χ1v) is 8.96. The molecule has 0 spiro atoms. The van der Waals surface area contributed by atoms with Crippen LogP contribution < -0.4 is 5.32 Å². The Morgan fingerprint density at radius 1 is 1.42 bits per heavy atom. The number of aromatic nitrogens is 1. The molecule has 2 aromatic rings. The molecule has 2 N–H and O–H groups in total. The molecule has 24 heavy (non-hydrogen) atoms. The average Bonchev–Trinajstić information content (AvgIpc) is 3.31. The number of benzene rings is 1. The van der Waals surface area contributed by atoms with Crippen LogP contribution >= 0.6 is 11.3 Å². The van der Waals surface area contributed by atoms with Crippen molar-refractivity contribution in [2.45, 2.75) is 38.3 Å². The van der Waals surface area contributed by atoms with E-state index >= 15 is 0 Å². The molecule has 6 nitrogen and oxygen atoms in total. The Kier molecular flexibility index (Phi) is 5.11. The van der Waals surface area contributed by atoms with Crippen molar-refractivity contribution in [1.29, 1.82) is 0 Å². The van der Waals surface area contributed by atoms with Gasteiger partial charge in [-0.25, -0.2) is 4.98 Å². The Balaban J connectivity index is 1.48. The molecule has 1 aliphatic carbocycles. The van der Waals surface area contributed by atoms with Crippen molar-refractivity contribution in [3.63, 3.8) is 0 Å². The Hall–Kier alpha value is -1.99. The fraction of sp³-hybridized carbons (Fsp3) is 0.471. The lowest BCUT2D eigenvalue weighted by Gasteiger charge is -2.25. The Labute approximate surface area is 144 Å². The Morgan fingerprint density at radius 3 is 2.83 bits per heavy atom. The minimum atomic E-state index is -0.885. The van der Waals surface area contributed by atoms with Crippen LogP contribution in [0.5, 0.6) is 0 Å². The summed E-state index contributed by atoms with van der Waals surface area (Å²) in [6.07, 6.45) is 2.62. The molecule has 0 bridgehead atoms. The van der Waals surface area contributed by atoms with Crippen LogP contribution in [-0.2, 0) is 16.0 Å². The van der Waals surface area contributed by atoms with E-state index in [2.05, 4.69) is 10.3 Å². The molecule has 1 heterocycles. The van der Waals surface area contributed by atoms with E-state index in [9.17, 15) is 9.59 Å². The van der Waals surface area contributed by atoms with Crippen LogP contribution in [0, 0.1) is 0 Å². The number of nitrogens with zero attached hydrogens (tertiary/aromatic N) is 2. The summed E-state index contributed by atoms with van der Waals surface area (Å²) in [5, 5.41) is 13.0. The van der Waals surface area contributed by atoms with Gasteiger partial charge in [0.2, 0.25) is 5.91 Å². The number of amides is 1. The van der Waals surface area contributed by atoms with Crippen molar-refractivity contribution in [3.8, 4) is 0 Å². The molecule has 128 valence electrons. The van der Waals surface area contributed by atoms with Gasteiger partial charge in [-0.15, -0.1) is 11.3 Å². The number of thiazole rings is 1. The van der Waals surface area contributed by atoms with Gasteiger partial charge in [0.05, 0.1) is 21.8 Å². The SMILES string of the molecule is CC(C(=O)O)N(CC(=O)NCCc1nc2ccccc2s1)C1CC1. The summed E-state index contributed by atoms with van der Waals surface area (Å²) in [5.74, 6) is -1.01. The molecular formula is C17H21N3O3S.